The zero-order valence-electron chi connectivity index (χ0n) is 11.6. The van der Waals surface area contributed by atoms with E-state index >= 15 is 0 Å². The third kappa shape index (κ3) is 2.00. The number of hydrogen-bond acceptors (Lipinski definition) is 4. The number of carbonyl (C=O) groups is 1. The van der Waals surface area contributed by atoms with E-state index in [1.165, 1.54) is 11.3 Å². The highest BCUT2D eigenvalue weighted by molar-refractivity contribution is 7.20. The van der Waals surface area contributed by atoms with Gasteiger partial charge in [-0.05, 0) is 24.3 Å². The molecule has 0 fully saturated rings. The van der Waals surface area contributed by atoms with Crippen LogP contribution in [-0.4, -0.2) is 15.7 Å². The van der Waals surface area contributed by atoms with Crippen LogP contribution < -0.4 is 11.5 Å². The monoisotopic (exact) mass is 290 g/mol. The summed E-state index contributed by atoms with van der Waals surface area (Å²) >= 11 is 1.44. The van der Waals surface area contributed by atoms with Crippen LogP contribution in [0, 0.1) is 5.92 Å². The lowest BCUT2D eigenvalue weighted by atomic mass is 9.94. The molecule has 6 heteroatoms. The molecular weight excluding hydrogens is 272 g/mol. The summed E-state index contributed by atoms with van der Waals surface area (Å²) in [6.07, 6.45) is 3.69. The van der Waals surface area contributed by atoms with E-state index < -0.39 is 5.91 Å². The van der Waals surface area contributed by atoms with Crippen LogP contribution in [-0.2, 0) is 19.4 Å². The van der Waals surface area contributed by atoms with Gasteiger partial charge >= 0.3 is 0 Å². The van der Waals surface area contributed by atoms with Crippen molar-refractivity contribution in [1.29, 1.82) is 0 Å². The van der Waals surface area contributed by atoms with Gasteiger partial charge in [-0.3, -0.25) is 9.48 Å². The van der Waals surface area contributed by atoms with Crippen molar-refractivity contribution < 1.29 is 4.79 Å². The average molecular weight is 290 g/mol. The van der Waals surface area contributed by atoms with Gasteiger partial charge in [0.1, 0.15) is 0 Å². The molecule has 3 rings (SSSR count). The second kappa shape index (κ2) is 4.63. The van der Waals surface area contributed by atoms with E-state index in [0.717, 1.165) is 41.1 Å². The van der Waals surface area contributed by atoms with Gasteiger partial charge in [-0.25, -0.2) is 0 Å². The van der Waals surface area contributed by atoms with E-state index in [4.69, 9.17) is 11.5 Å². The fourth-order valence-corrected chi connectivity index (χ4v) is 3.91. The van der Waals surface area contributed by atoms with Crippen molar-refractivity contribution in [2.75, 3.05) is 5.73 Å². The minimum Gasteiger partial charge on any atom is -0.390 e. The molecule has 0 saturated carbocycles. The molecule has 0 saturated heterocycles. The standard InChI is InChI=1S/C14H18N4OS/c1-7(2)5-18-6-9-10(17-18)4-3-8-11(13(15)19)14(16)20-12(8)9/h6-7H,3-5,16H2,1-2H3,(H2,15,19). The van der Waals surface area contributed by atoms with Gasteiger partial charge < -0.3 is 11.5 Å². The number of anilines is 1. The fraction of sp³-hybridized carbons (Fsp3) is 0.429. The maximum atomic E-state index is 11.5. The molecule has 0 spiro atoms. The Hall–Kier alpha value is -1.82. The number of aryl methyl sites for hydroxylation is 1. The molecule has 20 heavy (non-hydrogen) atoms. The molecule has 2 heterocycles. The number of carbonyl (C=O) groups excluding carboxylic acids is 1. The average Bonchev–Trinajstić information content (AvgIpc) is 2.86. The number of rotatable bonds is 3. The Morgan fingerprint density at radius 1 is 1.50 bits per heavy atom. The largest absolute Gasteiger partial charge is 0.390 e. The minimum absolute atomic E-state index is 0.432. The molecule has 4 N–H and O–H groups in total. The van der Waals surface area contributed by atoms with E-state index in [-0.39, 0.29) is 0 Å². The van der Waals surface area contributed by atoms with E-state index in [1.54, 1.807) is 0 Å². The van der Waals surface area contributed by atoms with Gasteiger partial charge in [-0.2, -0.15) is 5.10 Å². The molecular formula is C14H18N4OS. The van der Waals surface area contributed by atoms with Crippen LogP contribution in [0.5, 0.6) is 0 Å². The van der Waals surface area contributed by atoms with Gasteiger partial charge in [0.05, 0.1) is 16.3 Å². The van der Waals surface area contributed by atoms with Gasteiger partial charge in [0.15, 0.2) is 0 Å². The second-order valence-corrected chi connectivity index (χ2v) is 6.67. The lowest BCUT2D eigenvalue weighted by Crippen LogP contribution is -2.15. The first kappa shape index (κ1) is 13.2. The zero-order valence-corrected chi connectivity index (χ0v) is 12.5. The van der Waals surface area contributed by atoms with Crippen LogP contribution in [0.4, 0.5) is 5.00 Å². The van der Waals surface area contributed by atoms with E-state index in [1.807, 2.05) is 4.68 Å². The van der Waals surface area contributed by atoms with Crippen molar-refractivity contribution in [3.05, 3.63) is 23.0 Å². The lowest BCUT2D eigenvalue weighted by Gasteiger charge is -2.11. The van der Waals surface area contributed by atoms with Crippen molar-refractivity contribution in [1.82, 2.24) is 9.78 Å². The summed E-state index contributed by atoms with van der Waals surface area (Å²) in [5.41, 5.74) is 15.1. The number of aromatic nitrogens is 2. The number of nitrogen functional groups attached to an aromatic ring is 1. The molecule has 2 aromatic heterocycles. The predicted molar refractivity (Wildman–Crippen MR) is 80.7 cm³/mol. The molecule has 0 bridgehead atoms. The normalized spacial score (nSPS) is 13.3. The predicted octanol–water partition coefficient (Wildman–Crippen LogP) is 2.05. The van der Waals surface area contributed by atoms with Gasteiger partial charge in [0, 0.05) is 23.2 Å². The van der Waals surface area contributed by atoms with Crippen molar-refractivity contribution in [2.24, 2.45) is 11.7 Å². The maximum absolute atomic E-state index is 11.5. The number of amides is 1. The van der Waals surface area contributed by atoms with Crippen LogP contribution in [0.2, 0.25) is 0 Å². The topological polar surface area (TPSA) is 86.9 Å². The maximum Gasteiger partial charge on any atom is 0.251 e. The summed E-state index contributed by atoms with van der Waals surface area (Å²) in [5, 5.41) is 5.16. The van der Waals surface area contributed by atoms with Gasteiger partial charge in [0.2, 0.25) is 0 Å². The van der Waals surface area contributed by atoms with Gasteiger partial charge in [0.25, 0.3) is 5.91 Å². The zero-order chi connectivity index (χ0) is 14.4. The number of thiophene rings is 1. The summed E-state index contributed by atoms with van der Waals surface area (Å²) in [6, 6.07) is 0. The number of nitrogens with zero attached hydrogens (tertiary/aromatic N) is 2. The highest BCUT2D eigenvalue weighted by atomic mass is 32.1. The molecule has 0 unspecified atom stereocenters. The minimum atomic E-state index is -0.432. The van der Waals surface area contributed by atoms with Crippen LogP contribution in [0.1, 0.15) is 35.5 Å². The summed E-state index contributed by atoms with van der Waals surface area (Å²) in [5.74, 6) is 0.114. The van der Waals surface area contributed by atoms with E-state index in [0.29, 0.717) is 16.5 Å². The second-order valence-electron chi connectivity index (χ2n) is 5.62. The third-order valence-electron chi connectivity index (χ3n) is 3.53. The molecule has 1 amide bonds. The summed E-state index contributed by atoms with van der Waals surface area (Å²) in [6.45, 7) is 5.23. The van der Waals surface area contributed by atoms with Crippen LogP contribution in [0.25, 0.3) is 10.4 Å². The smallest absolute Gasteiger partial charge is 0.251 e. The molecule has 106 valence electrons. The first-order valence-corrected chi connectivity index (χ1v) is 7.56. The van der Waals surface area contributed by atoms with Crippen LogP contribution >= 0.6 is 11.3 Å². The molecule has 1 aliphatic rings. The Morgan fingerprint density at radius 3 is 2.90 bits per heavy atom. The first-order chi connectivity index (χ1) is 9.47. The Morgan fingerprint density at radius 2 is 2.25 bits per heavy atom. The Kier molecular flexibility index (Phi) is 3.05. The Balaban J connectivity index is 2.09. The lowest BCUT2D eigenvalue weighted by molar-refractivity contribution is 0.100. The molecule has 5 nitrogen and oxygen atoms in total. The van der Waals surface area contributed by atoms with Crippen molar-refractivity contribution >= 4 is 22.2 Å². The molecule has 0 aliphatic heterocycles. The van der Waals surface area contributed by atoms with Crippen molar-refractivity contribution in [3.63, 3.8) is 0 Å². The fourth-order valence-electron chi connectivity index (χ4n) is 2.76. The quantitative estimate of drug-likeness (QED) is 0.907. The molecule has 0 aromatic carbocycles. The molecule has 0 radical (unpaired) electrons. The van der Waals surface area contributed by atoms with Crippen LogP contribution in [0.3, 0.4) is 0 Å². The summed E-state index contributed by atoms with van der Waals surface area (Å²) < 4.78 is 1.99. The summed E-state index contributed by atoms with van der Waals surface area (Å²) in [4.78, 5) is 12.6. The number of hydrogen-bond donors (Lipinski definition) is 2. The molecule has 0 atom stereocenters. The first-order valence-electron chi connectivity index (χ1n) is 6.75. The number of nitrogens with two attached hydrogens (primary N) is 2. The highest BCUT2D eigenvalue weighted by Gasteiger charge is 2.28. The van der Waals surface area contributed by atoms with Gasteiger partial charge in [-0.15, -0.1) is 11.3 Å². The highest BCUT2D eigenvalue weighted by Crippen LogP contribution is 2.43. The van der Waals surface area contributed by atoms with Crippen molar-refractivity contribution in [2.45, 2.75) is 33.2 Å². The van der Waals surface area contributed by atoms with E-state index in [2.05, 4.69) is 25.1 Å². The van der Waals surface area contributed by atoms with Gasteiger partial charge in [-0.1, -0.05) is 13.8 Å². The number of primary amides is 1. The molecule has 2 aromatic rings. The van der Waals surface area contributed by atoms with Crippen LogP contribution in [0.15, 0.2) is 6.20 Å². The Bertz CT molecular complexity index is 684. The Labute approximate surface area is 121 Å². The third-order valence-corrected chi connectivity index (χ3v) is 4.62. The number of fused-ring (bicyclic) bond motifs is 3. The van der Waals surface area contributed by atoms with Crippen molar-refractivity contribution in [3.8, 4) is 10.4 Å². The SMILES string of the molecule is CC(C)Cn1cc2c(n1)CCc1c-2sc(N)c1C(N)=O. The summed E-state index contributed by atoms with van der Waals surface area (Å²) in [7, 11) is 0. The van der Waals surface area contributed by atoms with E-state index in [9.17, 15) is 4.79 Å². The molecule has 1 aliphatic carbocycles.